The van der Waals surface area contributed by atoms with Crippen LogP contribution in [0.3, 0.4) is 0 Å². The molecule has 154 valence electrons. The van der Waals surface area contributed by atoms with Gasteiger partial charge in [0.1, 0.15) is 0 Å². The van der Waals surface area contributed by atoms with Crippen LogP contribution in [0.5, 0.6) is 0 Å². The molecule has 0 aromatic rings. The second-order valence-electron chi connectivity index (χ2n) is 6.94. The average molecular weight is 500 g/mol. The number of guanidine groups is 1. The second-order valence-corrected chi connectivity index (χ2v) is 7.93. The molecule has 2 heterocycles. The number of nitrogens with one attached hydrogen (secondary N) is 1. The summed E-state index contributed by atoms with van der Waals surface area (Å²) in [5, 5.41) is 3.45. The number of piperidine rings is 1. The van der Waals surface area contributed by atoms with Crippen LogP contribution in [0.15, 0.2) is 4.99 Å². The molecule has 26 heavy (non-hydrogen) atoms. The summed E-state index contributed by atoms with van der Waals surface area (Å²) in [4.78, 5) is 7.21. The highest BCUT2D eigenvalue weighted by Crippen LogP contribution is 2.18. The number of halogens is 1. The van der Waals surface area contributed by atoms with Gasteiger partial charge in [0.2, 0.25) is 0 Å². The molecule has 2 rings (SSSR count). The number of nitrogens with zero attached hydrogens (tertiary/aromatic N) is 2. The van der Waals surface area contributed by atoms with Crippen LogP contribution < -0.4 is 5.32 Å². The number of ether oxygens (including phenoxy) is 2. The van der Waals surface area contributed by atoms with Gasteiger partial charge in [-0.05, 0) is 63.9 Å². The number of aliphatic imine (C=N–C) groups is 1. The van der Waals surface area contributed by atoms with E-state index in [1.807, 2.05) is 11.8 Å². The normalized spacial score (nSPS) is 22.2. The van der Waals surface area contributed by atoms with E-state index in [0.29, 0.717) is 12.2 Å². The van der Waals surface area contributed by atoms with Crippen molar-refractivity contribution in [2.24, 2.45) is 4.99 Å². The lowest BCUT2D eigenvalue weighted by Gasteiger charge is -2.35. The highest BCUT2D eigenvalue weighted by molar-refractivity contribution is 14.0. The number of hydrogen-bond acceptors (Lipinski definition) is 4. The molecule has 1 atom stereocenters. The highest BCUT2D eigenvalue weighted by Gasteiger charge is 2.23. The van der Waals surface area contributed by atoms with E-state index in [4.69, 9.17) is 14.5 Å². The van der Waals surface area contributed by atoms with Gasteiger partial charge in [-0.25, -0.2) is 0 Å². The fourth-order valence-corrected chi connectivity index (χ4v) is 3.88. The monoisotopic (exact) mass is 499 g/mol. The van der Waals surface area contributed by atoms with Gasteiger partial charge in [0.05, 0.1) is 18.8 Å². The van der Waals surface area contributed by atoms with Gasteiger partial charge < -0.3 is 19.7 Å². The third-order valence-electron chi connectivity index (χ3n) is 4.89. The Morgan fingerprint density at radius 2 is 2.04 bits per heavy atom. The van der Waals surface area contributed by atoms with Crippen molar-refractivity contribution in [2.45, 2.75) is 64.1 Å². The van der Waals surface area contributed by atoms with Crippen molar-refractivity contribution in [3.05, 3.63) is 0 Å². The minimum atomic E-state index is 0. The van der Waals surface area contributed by atoms with Crippen LogP contribution in [-0.4, -0.2) is 74.5 Å². The Kier molecular flexibility index (Phi) is 14.2. The van der Waals surface area contributed by atoms with Crippen LogP contribution in [0.1, 0.15) is 51.9 Å². The van der Waals surface area contributed by atoms with Gasteiger partial charge in [0, 0.05) is 32.8 Å². The smallest absolute Gasteiger partial charge is 0.193 e. The first-order chi connectivity index (χ1) is 12.3. The molecular formula is C19H38IN3O2S. The summed E-state index contributed by atoms with van der Waals surface area (Å²) in [6.45, 7) is 7.75. The Bertz CT molecular complexity index is 374. The van der Waals surface area contributed by atoms with Crippen molar-refractivity contribution < 1.29 is 9.47 Å². The summed E-state index contributed by atoms with van der Waals surface area (Å²) in [5.41, 5.74) is 0. The Balaban J connectivity index is 0.00000338. The third kappa shape index (κ3) is 9.46. The van der Waals surface area contributed by atoms with E-state index in [1.54, 1.807) is 0 Å². The van der Waals surface area contributed by atoms with Crippen molar-refractivity contribution in [1.82, 2.24) is 10.2 Å². The maximum absolute atomic E-state index is 6.12. The zero-order valence-electron chi connectivity index (χ0n) is 16.6. The standard InChI is InChI=1S/C19H37N3O2S.HI/c1-3-20-19(21-11-5-7-15-25-2)22-12-9-17(10-13-22)24-16-18-8-4-6-14-23-18;/h17-18H,3-16H2,1-2H3,(H,20,21);1H. The summed E-state index contributed by atoms with van der Waals surface area (Å²) in [6.07, 6.45) is 11.1. The minimum Gasteiger partial charge on any atom is -0.376 e. The summed E-state index contributed by atoms with van der Waals surface area (Å²) in [7, 11) is 0. The molecule has 2 aliphatic heterocycles. The summed E-state index contributed by atoms with van der Waals surface area (Å²) >= 11 is 1.92. The molecule has 7 heteroatoms. The van der Waals surface area contributed by atoms with Crippen LogP contribution >= 0.6 is 35.7 Å². The molecule has 0 saturated carbocycles. The van der Waals surface area contributed by atoms with Crippen LogP contribution in [0.2, 0.25) is 0 Å². The molecule has 0 spiro atoms. The van der Waals surface area contributed by atoms with Crippen molar-refractivity contribution in [2.75, 3.05) is 51.4 Å². The molecule has 0 amide bonds. The Hall–Kier alpha value is 0.270. The molecule has 2 saturated heterocycles. The molecule has 5 nitrogen and oxygen atoms in total. The zero-order valence-corrected chi connectivity index (χ0v) is 19.7. The average Bonchev–Trinajstić information content (AvgIpc) is 2.67. The van der Waals surface area contributed by atoms with E-state index in [9.17, 15) is 0 Å². The van der Waals surface area contributed by atoms with Crippen LogP contribution in [0.25, 0.3) is 0 Å². The van der Waals surface area contributed by atoms with Crippen molar-refractivity contribution in [3.63, 3.8) is 0 Å². The lowest BCUT2D eigenvalue weighted by atomic mass is 10.1. The predicted molar refractivity (Wildman–Crippen MR) is 123 cm³/mol. The van der Waals surface area contributed by atoms with Gasteiger partial charge in [0.25, 0.3) is 0 Å². The Labute approximate surface area is 181 Å². The first kappa shape index (κ1) is 24.3. The maximum Gasteiger partial charge on any atom is 0.193 e. The van der Waals surface area contributed by atoms with E-state index >= 15 is 0 Å². The molecule has 0 aromatic heterocycles. The van der Waals surface area contributed by atoms with E-state index < -0.39 is 0 Å². The summed E-state index contributed by atoms with van der Waals surface area (Å²) in [6, 6.07) is 0. The molecule has 0 bridgehead atoms. The molecule has 1 unspecified atom stereocenters. The SMILES string of the molecule is CCNC(=NCCCCSC)N1CCC(OCC2CCCCO2)CC1.I. The van der Waals surface area contributed by atoms with Gasteiger partial charge in [-0.15, -0.1) is 24.0 Å². The van der Waals surface area contributed by atoms with E-state index in [1.165, 1.54) is 31.4 Å². The van der Waals surface area contributed by atoms with E-state index in [0.717, 1.165) is 64.6 Å². The Morgan fingerprint density at radius 1 is 1.23 bits per heavy atom. The molecule has 1 N–H and O–H groups in total. The lowest BCUT2D eigenvalue weighted by molar-refractivity contribution is -0.0721. The first-order valence-corrected chi connectivity index (χ1v) is 11.5. The van der Waals surface area contributed by atoms with Crippen LogP contribution in [-0.2, 0) is 9.47 Å². The fourth-order valence-electron chi connectivity index (χ4n) is 3.39. The zero-order chi connectivity index (χ0) is 17.7. The molecular weight excluding hydrogens is 461 g/mol. The van der Waals surface area contributed by atoms with Crippen molar-refractivity contribution >= 4 is 41.7 Å². The Morgan fingerprint density at radius 3 is 2.69 bits per heavy atom. The van der Waals surface area contributed by atoms with Gasteiger partial charge >= 0.3 is 0 Å². The van der Waals surface area contributed by atoms with E-state index in [2.05, 4.69) is 23.4 Å². The molecule has 0 aliphatic carbocycles. The van der Waals surface area contributed by atoms with Crippen LogP contribution in [0, 0.1) is 0 Å². The number of likely N-dealkylation sites (tertiary alicyclic amines) is 1. The van der Waals surface area contributed by atoms with Gasteiger partial charge in [-0.3, -0.25) is 4.99 Å². The predicted octanol–water partition coefficient (Wildman–Crippen LogP) is 3.76. The first-order valence-electron chi connectivity index (χ1n) is 10.1. The second kappa shape index (κ2) is 15.2. The molecule has 2 aliphatic rings. The van der Waals surface area contributed by atoms with E-state index in [-0.39, 0.29) is 24.0 Å². The topological polar surface area (TPSA) is 46.1 Å². The number of thioether (sulfide) groups is 1. The summed E-state index contributed by atoms with van der Waals surface area (Å²) in [5.74, 6) is 2.32. The maximum atomic E-state index is 6.12. The summed E-state index contributed by atoms with van der Waals surface area (Å²) < 4.78 is 11.9. The molecule has 0 aromatic carbocycles. The minimum absolute atomic E-state index is 0. The quantitative estimate of drug-likeness (QED) is 0.227. The largest absolute Gasteiger partial charge is 0.376 e. The van der Waals surface area contributed by atoms with Gasteiger partial charge in [-0.1, -0.05) is 0 Å². The van der Waals surface area contributed by atoms with Crippen molar-refractivity contribution in [1.29, 1.82) is 0 Å². The lowest BCUT2D eigenvalue weighted by Crippen LogP contribution is -2.47. The van der Waals surface area contributed by atoms with Gasteiger partial charge in [-0.2, -0.15) is 11.8 Å². The van der Waals surface area contributed by atoms with Crippen LogP contribution in [0.4, 0.5) is 0 Å². The molecule has 0 radical (unpaired) electrons. The number of rotatable bonds is 9. The molecule has 2 fully saturated rings. The number of unbranched alkanes of at least 4 members (excludes halogenated alkanes) is 1. The highest BCUT2D eigenvalue weighted by atomic mass is 127. The number of hydrogen-bond donors (Lipinski definition) is 1. The third-order valence-corrected chi connectivity index (χ3v) is 5.58. The van der Waals surface area contributed by atoms with Crippen molar-refractivity contribution in [3.8, 4) is 0 Å². The fraction of sp³-hybridized carbons (Fsp3) is 0.947. The van der Waals surface area contributed by atoms with Gasteiger partial charge in [0.15, 0.2) is 5.96 Å².